The highest BCUT2D eigenvalue weighted by Gasteiger charge is 2.17. The highest BCUT2D eigenvalue weighted by molar-refractivity contribution is 8.00. The van der Waals surface area contributed by atoms with Crippen molar-refractivity contribution in [2.24, 2.45) is 0 Å². The fourth-order valence-electron chi connectivity index (χ4n) is 2.04. The van der Waals surface area contributed by atoms with E-state index in [0.29, 0.717) is 0 Å². The summed E-state index contributed by atoms with van der Waals surface area (Å²) >= 11 is 1.46. The molecule has 3 aromatic rings. The van der Waals surface area contributed by atoms with E-state index in [-0.39, 0.29) is 11.0 Å². The van der Waals surface area contributed by atoms with Crippen molar-refractivity contribution < 1.29 is 4.79 Å². The van der Waals surface area contributed by atoms with Gasteiger partial charge in [0.05, 0.1) is 16.3 Å². The monoisotopic (exact) mass is 282 g/mol. The van der Waals surface area contributed by atoms with Crippen molar-refractivity contribution in [2.45, 2.75) is 17.3 Å². The number of benzene rings is 2. The molecule has 1 heterocycles. The number of hydrogen-bond donors (Lipinski definition) is 1. The minimum Gasteiger partial charge on any atom is -0.333 e. The molecule has 20 heavy (non-hydrogen) atoms. The normalized spacial score (nSPS) is 12.4. The number of ketones is 1. The van der Waals surface area contributed by atoms with E-state index in [1.165, 1.54) is 11.8 Å². The zero-order chi connectivity index (χ0) is 13.9. The van der Waals surface area contributed by atoms with Crippen LogP contribution in [0.2, 0.25) is 0 Å². The number of carbonyl (C=O) groups is 1. The lowest BCUT2D eigenvalue weighted by Gasteiger charge is -2.07. The van der Waals surface area contributed by atoms with Gasteiger partial charge in [-0.1, -0.05) is 54.2 Å². The number of imidazole rings is 1. The van der Waals surface area contributed by atoms with Gasteiger partial charge in [-0.3, -0.25) is 4.79 Å². The predicted molar refractivity (Wildman–Crippen MR) is 82.2 cm³/mol. The average Bonchev–Trinajstić information content (AvgIpc) is 2.89. The molecule has 2 aromatic carbocycles. The Labute approximate surface area is 121 Å². The number of aromatic amines is 1. The summed E-state index contributed by atoms with van der Waals surface area (Å²) in [5.74, 6) is 0.121. The molecule has 1 atom stereocenters. The SMILES string of the molecule is C[C@H](Sc1nc2ccccc2[nH]1)C(=O)c1ccccc1. The predicted octanol–water partition coefficient (Wildman–Crippen LogP) is 3.93. The van der Waals surface area contributed by atoms with Gasteiger partial charge in [0.15, 0.2) is 10.9 Å². The van der Waals surface area contributed by atoms with Crippen molar-refractivity contribution in [3.8, 4) is 0 Å². The molecule has 100 valence electrons. The lowest BCUT2D eigenvalue weighted by molar-refractivity contribution is 0.0994. The Morgan fingerprint density at radius 1 is 1.10 bits per heavy atom. The first-order chi connectivity index (χ1) is 9.74. The molecule has 0 fully saturated rings. The third-order valence-corrected chi connectivity index (χ3v) is 4.07. The Morgan fingerprint density at radius 3 is 2.55 bits per heavy atom. The Kier molecular flexibility index (Phi) is 3.56. The van der Waals surface area contributed by atoms with Gasteiger partial charge in [0.25, 0.3) is 0 Å². The van der Waals surface area contributed by atoms with Crippen LogP contribution in [0.5, 0.6) is 0 Å². The maximum atomic E-state index is 12.3. The molecule has 3 nitrogen and oxygen atoms in total. The van der Waals surface area contributed by atoms with Crippen LogP contribution in [0, 0.1) is 0 Å². The molecule has 0 aliphatic carbocycles. The van der Waals surface area contributed by atoms with Crippen molar-refractivity contribution in [1.82, 2.24) is 9.97 Å². The van der Waals surface area contributed by atoms with Gasteiger partial charge >= 0.3 is 0 Å². The van der Waals surface area contributed by atoms with Crippen LogP contribution in [0.15, 0.2) is 59.8 Å². The molecule has 0 aliphatic heterocycles. The fourth-order valence-corrected chi connectivity index (χ4v) is 2.94. The second kappa shape index (κ2) is 5.51. The van der Waals surface area contributed by atoms with E-state index in [2.05, 4.69) is 9.97 Å². The molecule has 0 bridgehead atoms. The number of fused-ring (bicyclic) bond motifs is 1. The summed E-state index contributed by atoms with van der Waals surface area (Å²) in [5.41, 5.74) is 2.66. The number of Topliss-reactive ketones (excluding diaryl/α,β-unsaturated/α-hetero) is 1. The second-order valence-corrected chi connectivity index (χ2v) is 5.88. The molecule has 0 spiro atoms. The maximum absolute atomic E-state index is 12.3. The van der Waals surface area contributed by atoms with Crippen LogP contribution in [0.3, 0.4) is 0 Å². The first-order valence-electron chi connectivity index (χ1n) is 6.45. The van der Waals surface area contributed by atoms with Gasteiger partial charge in [-0.2, -0.15) is 0 Å². The standard InChI is InChI=1S/C16H14N2OS/c1-11(15(19)12-7-3-2-4-8-12)20-16-17-13-9-5-6-10-14(13)18-16/h2-11H,1H3,(H,17,18)/t11-/m0/s1. The largest absolute Gasteiger partial charge is 0.333 e. The topological polar surface area (TPSA) is 45.8 Å². The van der Waals surface area contributed by atoms with Crippen LogP contribution in [-0.4, -0.2) is 21.0 Å². The highest BCUT2D eigenvalue weighted by atomic mass is 32.2. The number of rotatable bonds is 4. The summed E-state index contributed by atoms with van der Waals surface area (Å²) in [4.78, 5) is 20.0. The van der Waals surface area contributed by atoms with Crippen molar-refractivity contribution in [2.75, 3.05) is 0 Å². The second-order valence-electron chi connectivity index (χ2n) is 4.55. The molecule has 1 aromatic heterocycles. The molecule has 1 N–H and O–H groups in total. The molecule has 3 rings (SSSR count). The summed E-state index contributed by atoms with van der Waals surface area (Å²) in [5, 5.41) is 0.612. The third kappa shape index (κ3) is 2.60. The number of para-hydroxylation sites is 2. The number of hydrogen-bond acceptors (Lipinski definition) is 3. The van der Waals surface area contributed by atoms with E-state index in [0.717, 1.165) is 21.8 Å². The van der Waals surface area contributed by atoms with Gasteiger partial charge in [0.1, 0.15) is 0 Å². The van der Waals surface area contributed by atoms with E-state index >= 15 is 0 Å². The minimum atomic E-state index is -0.169. The van der Waals surface area contributed by atoms with E-state index in [1.54, 1.807) is 0 Å². The Hall–Kier alpha value is -2.07. The van der Waals surface area contributed by atoms with Gasteiger partial charge < -0.3 is 4.98 Å². The molecule has 0 aliphatic rings. The number of aromatic nitrogens is 2. The van der Waals surface area contributed by atoms with E-state index < -0.39 is 0 Å². The van der Waals surface area contributed by atoms with Crippen LogP contribution in [0.4, 0.5) is 0 Å². The molecule has 0 amide bonds. The van der Waals surface area contributed by atoms with Crippen molar-refractivity contribution >= 4 is 28.6 Å². The van der Waals surface area contributed by atoms with Gasteiger partial charge in [0, 0.05) is 5.56 Å². The van der Waals surface area contributed by atoms with E-state index in [1.807, 2.05) is 61.5 Å². The van der Waals surface area contributed by atoms with Crippen LogP contribution < -0.4 is 0 Å². The molecule has 0 radical (unpaired) electrons. The molecular weight excluding hydrogens is 268 g/mol. The number of nitrogens with one attached hydrogen (secondary N) is 1. The molecule has 4 heteroatoms. The number of nitrogens with zero attached hydrogens (tertiary/aromatic N) is 1. The summed E-state index contributed by atoms with van der Waals surface area (Å²) < 4.78 is 0. The highest BCUT2D eigenvalue weighted by Crippen LogP contribution is 2.25. The van der Waals surface area contributed by atoms with Crippen molar-refractivity contribution in [3.63, 3.8) is 0 Å². The summed E-state index contributed by atoms with van der Waals surface area (Å²) in [6.07, 6.45) is 0. The van der Waals surface area contributed by atoms with Gasteiger partial charge in [-0.05, 0) is 19.1 Å². The third-order valence-electron chi connectivity index (χ3n) is 3.08. The zero-order valence-corrected chi connectivity index (χ0v) is 11.9. The lowest BCUT2D eigenvalue weighted by Crippen LogP contribution is -2.13. The van der Waals surface area contributed by atoms with Crippen molar-refractivity contribution in [1.29, 1.82) is 0 Å². The average molecular weight is 282 g/mol. The summed E-state index contributed by atoms with van der Waals surface area (Å²) in [7, 11) is 0. The smallest absolute Gasteiger partial charge is 0.175 e. The first kappa shape index (κ1) is 12.9. The molecule has 0 saturated carbocycles. The summed E-state index contributed by atoms with van der Waals surface area (Å²) in [6, 6.07) is 17.2. The quantitative estimate of drug-likeness (QED) is 0.582. The van der Waals surface area contributed by atoms with Crippen LogP contribution in [-0.2, 0) is 0 Å². The Bertz CT molecular complexity index is 703. The van der Waals surface area contributed by atoms with Crippen molar-refractivity contribution in [3.05, 3.63) is 60.2 Å². The maximum Gasteiger partial charge on any atom is 0.175 e. The number of carbonyl (C=O) groups excluding carboxylic acids is 1. The number of thioether (sulfide) groups is 1. The minimum absolute atomic E-state index is 0.121. The molecular formula is C16H14N2OS. The Balaban J connectivity index is 1.78. The Morgan fingerprint density at radius 2 is 1.80 bits per heavy atom. The molecule has 0 saturated heterocycles. The van der Waals surface area contributed by atoms with Gasteiger partial charge in [-0.15, -0.1) is 0 Å². The molecule has 0 unspecified atom stereocenters. The van der Waals surface area contributed by atoms with Crippen LogP contribution >= 0.6 is 11.8 Å². The zero-order valence-electron chi connectivity index (χ0n) is 11.0. The lowest BCUT2D eigenvalue weighted by atomic mass is 10.1. The van der Waals surface area contributed by atoms with E-state index in [4.69, 9.17) is 0 Å². The summed E-state index contributed by atoms with van der Waals surface area (Å²) in [6.45, 7) is 1.91. The van der Waals surface area contributed by atoms with Crippen LogP contribution in [0.1, 0.15) is 17.3 Å². The van der Waals surface area contributed by atoms with Gasteiger partial charge in [0.2, 0.25) is 0 Å². The van der Waals surface area contributed by atoms with Crippen LogP contribution in [0.25, 0.3) is 11.0 Å². The number of H-pyrrole nitrogens is 1. The first-order valence-corrected chi connectivity index (χ1v) is 7.32. The fraction of sp³-hybridized carbons (Fsp3) is 0.125. The van der Waals surface area contributed by atoms with E-state index in [9.17, 15) is 4.79 Å². The van der Waals surface area contributed by atoms with Gasteiger partial charge in [-0.25, -0.2) is 4.98 Å².